The first-order valence-electron chi connectivity index (χ1n) is 8.01. The molecule has 1 heterocycles. The third kappa shape index (κ3) is 4.09. The van der Waals surface area contributed by atoms with Gasteiger partial charge in [0.15, 0.2) is 0 Å². The van der Waals surface area contributed by atoms with Crippen molar-refractivity contribution in [2.75, 3.05) is 36.4 Å². The number of anilines is 3. The van der Waals surface area contributed by atoms with Gasteiger partial charge in [0.05, 0.1) is 7.11 Å². The SMILES string of the molecule is CONc1nc(NCCCO)nc(NC2Cc3ccccc3C2)n1. The monoisotopic (exact) mass is 330 g/mol. The molecule has 1 aliphatic carbocycles. The van der Waals surface area contributed by atoms with Crippen molar-refractivity contribution in [3.63, 3.8) is 0 Å². The number of aromatic nitrogens is 3. The summed E-state index contributed by atoms with van der Waals surface area (Å²) in [6.07, 6.45) is 2.52. The molecule has 2 aromatic rings. The van der Waals surface area contributed by atoms with Crippen molar-refractivity contribution in [1.82, 2.24) is 15.0 Å². The maximum absolute atomic E-state index is 8.88. The van der Waals surface area contributed by atoms with Crippen LogP contribution in [0.3, 0.4) is 0 Å². The summed E-state index contributed by atoms with van der Waals surface area (Å²) in [5.74, 6) is 1.27. The number of nitrogens with one attached hydrogen (secondary N) is 3. The molecule has 0 aliphatic heterocycles. The Morgan fingerprint density at radius 3 is 2.42 bits per heavy atom. The van der Waals surface area contributed by atoms with E-state index in [9.17, 15) is 0 Å². The molecular weight excluding hydrogens is 308 g/mol. The molecule has 24 heavy (non-hydrogen) atoms. The van der Waals surface area contributed by atoms with Crippen LogP contribution in [0, 0.1) is 0 Å². The molecule has 8 heteroatoms. The van der Waals surface area contributed by atoms with E-state index in [1.54, 1.807) is 0 Å². The molecule has 3 rings (SSSR count). The molecule has 1 aliphatic rings. The Kier molecular flexibility index (Phi) is 5.39. The quantitative estimate of drug-likeness (QED) is 0.423. The minimum atomic E-state index is 0.118. The number of nitrogens with zero attached hydrogens (tertiary/aromatic N) is 3. The number of hydrogen-bond donors (Lipinski definition) is 4. The maximum Gasteiger partial charge on any atom is 0.253 e. The standard InChI is InChI=1S/C16H22N6O2/c1-24-22-16-20-14(17-7-4-8-23)19-15(21-16)18-13-9-11-5-2-3-6-12(11)10-13/h2-3,5-6,13,23H,4,7-10H2,1H3,(H3,17,18,19,20,21,22). The first-order chi connectivity index (χ1) is 11.8. The van der Waals surface area contributed by atoms with E-state index in [0.29, 0.717) is 30.8 Å². The fourth-order valence-electron chi connectivity index (χ4n) is 2.78. The van der Waals surface area contributed by atoms with Crippen LogP contribution in [0.2, 0.25) is 0 Å². The smallest absolute Gasteiger partial charge is 0.253 e. The second-order valence-electron chi connectivity index (χ2n) is 5.63. The predicted octanol–water partition coefficient (Wildman–Crippen LogP) is 1.22. The number of benzene rings is 1. The summed E-state index contributed by atoms with van der Waals surface area (Å²) in [6.45, 7) is 0.702. The molecular formula is C16H22N6O2. The van der Waals surface area contributed by atoms with E-state index in [0.717, 1.165) is 12.8 Å². The zero-order valence-corrected chi connectivity index (χ0v) is 13.6. The van der Waals surface area contributed by atoms with Crippen molar-refractivity contribution in [1.29, 1.82) is 0 Å². The first kappa shape index (κ1) is 16.4. The topological polar surface area (TPSA) is 104 Å². The van der Waals surface area contributed by atoms with Crippen LogP contribution >= 0.6 is 0 Å². The van der Waals surface area contributed by atoms with Gasteiger partial charge in [-0.05, 0) is 30.4 Å². The zero-order valence-electron chi connectivity index (χ0n) is 13.6. The summed E-state index contributed by atoms with van der Waals surface area (Å²) in [5.41, 5.74) is 5.35. The van der Waals surface area contributed by atoms with Crippen LogP contribution < -0.4 is 16.1 Å². The van der Waals surface area contributed by atoms with Crippen LogP contribution in [-0.2, 0) is 17.7 Å². The highest BCUT2D eigenvalue weighted by atomic mass is 16.6. The number of aliphatic hydroxyl groups is 1. The van der Waals surface area contributed by atoms with Crippen molar-refractivity contribution >= 4 is 17.8 Å². The van der Waals surface area contributed by atoms with E-state index < -0.39 is 0 Å². The molecule has 0 saturated heterocycles. The van der Waals surface area contributed by atoms with E-state index in [1.165, 1.54) is 18.2 Å². The van der Waals surface area contributed by atoms with Gasteiger partial charge in [0.2, 0.25) is 11.9 Å². The van der Waals surface area contributed by atoms with Gasteiger partial charge in [-0.15, -0.1) is 0 Å². The summed E-state index contributed by atoms with van der Waals surface area (Å²) < 4.78 is 0. The molecule has 0 unspecified atom stereocenters. The van der Waals surface area contributed by atoms with Crippen LogP contribution in [0.1, 0.15) is 17.5 Å². The molecule has 1 aromatic heterocycles. The molecule has 8 nitrogen and oxygen atoms in total. The molecule has 1 aromatic carbocycles. The molecule has 0 fully saturated rings. The van der Waals surface area contributed by atoms with Crippen molar-refractivity contribution in [2.24, 2.45) is 0 Å². The number of fused-ring (bicyclic) bond motifs is 1. The van der Waals surface area contributed by atoms with Gasteiger partial charge < -0.3 is 15.7 Å². The van der Waals surface area contributed by atoms with Crippen LogP contribution in [0.5, 0.6) is 0 Å². The summed E-state index contributed by atoms with van der Waals surface area (Å²) in [5, 5.41) is 15.3. The van der Waals surface area contributed by atoms with Crippen molar-refractivity contribution in [3.8, 4) is 0 Å². The average Bonchev–Trinajstić information content (AvgIpc) is 2.97. The Morgan fingerprint density at radius 1 is 1.08 bits per heavy atom. The Labute approximate surface area is 140 Å². The summed E-state index contributed by atoms with van der Waals surface area (Å²) in [7, 11) is 1.50. The van der Waals surface area contributed by atoms with Gasteiger partial charge in [-0.25, -0.2) is 5.48 Å². The molecule has 0 radical (unpaired) electrons. The van der Waals surface area contributed by atoms with Gasteiger partial charge in [0.1, 0.15) is 0 Å². The van der Waals surface area contributed by atoms with Gasteiger partial charge in [-0.2, -0.15) is 15.0 Å². The third-order valence-corrected chi connectivity index (χ3v) is 3.83. The van der Waals surface area contributed by atoms with E-state index in [2.05, 4.69) is 55.3 Å². The van der Waals surface area contributed by atoms with Crippen molar-refractivity contribution in [3.05, 3.63) is 35.4 Å². The second-order valence-corrected chi connectivity index (χ2v) is 5.63. The van der Waals surface area contributed by atoms with E-state index in [-0.39, 0.29) is 12.6 Å². The van der Waals surface area contributed by atoms with Crippen molar-refractivity contribution in [2.45, 2.75) is 25.3 Å². The lowest BCUT2D eigenvalue weighted by molar-refractivity contribution is 0.267. The molecule has 4 N–H and O–H groups in total. The average molecular weight is 330 g/mol. The minimum Gasteiger partial charge on any atom is -0.396 e. The van der Waals surface area contributed by atoms with Crippen LogP contribution in [-0.4, -0.2) is 46.4 Å². The number of hydrogen-bond acceptors (Lipinski definition) is 8. The molecule has 128 valence electrons. The fourth-order valence-corrected chi connectivity index (χ4v) is 2.78. The van der Waals surface area contributed by atoms with Gasteiger partial charge in [-0.1, -0.05) is 24.3 Å². The van der Waals surface area contributed by atoms with Crippen LogP contribution in [0.15, 0.2) is 24.3 Å². The largest absolute Gasteiger partial charge is 0.396 e. The highest BCUT2D eigenvalue weighted by Gasteiger charge is 2.22. The Balaban J connectivity index is 1.70. The number of aliphatic hydroxyl groups excluding tert-OH is 1. The molecule has 0 amide bonds. The van der Waals surface area contributed by atoms with Gasteiger partial charge >= 0.3 is 0 Å². The second kappa shape index (κ2) is 7.89. The van der Waals surface area contributed by atoms with Crippen LogP contribution in [0.25, 0.3) is 0 Å². The van der Waals surface area contributed by atoms with Gasteiger partial charge in [0.25, 0.3) is 5.95 Å². The Hall–Kier alpha value is -2.45. The summed E-state index contributed by atoms with van der Waals surface area (Å²) in [6, 6.07) is 8.70. The normalized spacial score (nSPS) is 13.6. The van der Waals surface area contributed by atoms with E-state index >= 15 is 0 Å². The lowest BCUT2D eigenvalue weighted by Gasteiger charge is -2.14. The van der Waals surface area contributed by atoms with E-state index in [1.807, 2.05) is 0 Å². The highest BCUT2D eigenvalue weighted by molar-refractivity contribution is 5.44. The highest BCUT2D eigenvalue weighted by Crippen LogP contribution is 2.24. The van der Waals surface area contributed by atoms with Crippen molar-refractivity contribution < 1.29 is 9.94 Å². The van der Waals surface area contributed by atoms with Gasteiger partial charge in [0, 0.05) is 19.2 Å². The van der Waals surface area contributed by atoms with Crippen LogP contribution in [0.4, 0.5) is 17.8 Å². The molecule has 0 spiro atoms. The fraction of sp³-hybridized carbons (Fsp3) is 0.438. The molecule has 0 atom stereocenters. The lowest BCUT2D eigenvalue weighted by atomic mass is 10.1. The summed E-state index contributed by atoms with van der Waals surface area (Å²) in [4.78, 5) is 17.8. The van der Waals surface area contributed by atoms with Gasteiger partial charge in [-0.3, -0.25) is 4.84 Å². The Morgan fingerprint density at radius 2 is 1.75 bits per heavy atom. The lowest BCUT2D eigenvalue weighted by Crippen LogP contribution is -2.22. The third-order valence-electron chi connectivity index (χ3n) is 3.83. The molecule has 0 saturated carbocycles. The Bertz CT molecular complexity index is 656. The molecule has 0 bridgehead atoms. The van der Waals surface area contributed by atoms with E-state index in [4.69, 9.17) is 9.94 Å². The number of rotatable bonds is 8. The first-order valence-corrected chi connectivity index (χ1v) is 8.01. The zero-order chi connectivity index (χ0) is 16.8. The minimum absolute atomic E-state index is 0.118. The summed E-state index contributed by atoms with van der Waals surface area (Å²) >= 11 is 0. The predicted molar refractivity (Wildman–Crippen MR) is 91.9 cm³/mol. The maximum atomic E-state index is 8.88.